The lowest BCUT2D eigenvalue weighted by atomic mass is 10.1. The monoisotopic (exact) mass is 197 g/mol. The second-order valence-electron chi connectivity index (χ2n) is 3.00. The third-order valence-corrected chi connectivity index (χ3v) is 2.02. The van der Waals surface area contributed by atoms with E-state index in [1.54, 1.807) is 27.2 Å². The molecule has 3 nitrogen and oxygen atoms in total. The van der Waals surface area contributed by atoms with Crippen LogP contribution in [0.2, 0.25) is 0 Å². The van der Waals surface area contributed by atoms with Crippen LogP contribution in [0.5, 0.6) is 5.19 Å². The third-order valence-electron chi connectivity index (χ3n) is 1.15. The lowest BCUT2D eigenvalue weighted by molar-refractivity contribution is 0.143. The predicted molar refractivity (Wildman–Crippen MR) is 51.8 cm³/mol. The van der Waals surface area contributed by atoms with E-state index in [0.29, 0.717) is 5.19 Å². The number of nitrogens with zero attached hydrogens (tertiary/aromatic N) is 1. The zero-order valence-corrected chi connectivity index (χ0v) is 8.60. The maximum absolute atomic E-state index is 9.32. The van der Waals surface area contributed by atoms with E-state index >= 15 is 0 Å². The SMILES string of the molecule is COc1ncc(C#CC(C)(C)O)s1. The zero-order valence-electron chi connectivity index (χ0n) is 7.79. The van der Waals surface area contributed by atoms with Crippen LogP contribution in [-0.2, 0) is 0 Å². The minimum atomic E-state index is -0.961. The Morgan fingerprint density at radius 2 is 2.31 bits per heavy atom. The van der Waals surface area contributed by atoms with Crippen LogP contribution in [0.15, 0.2) is 6.20 Å². The Morgan fingerprint density at radius 1 is 1.62 bits per heavy atom. The van der Waals surface area contributed by atoms with Gasteiger partial charge in [-0.05, 0) is 13.8 Å². The number of rotatable bonds is 1. The van der Waals surface area contributed by atoms with Crippen molar-refractivity contribution in [3.8, 4) is 17.0 Å². The van der Waals surface area contributed by atoms with Crippen LogP contribution in [0.4, 0.5) is 0 Å². The second kappa shape index (κ2) is 3.77. The van der Waals surface area contributed by atoms with E-state index in [-0.39, 0.29) is 0 Å². The fourth-order valence-electron chi connectivity index (χ4n) is 0.625. The van der Waals surface area contributed by atoms with Crippen LogP contribution in [0.3, 0.4) is 0 Å². The van der Waals surface area contributed by atoms with Crippen molar-refractivity contribution < 1.29 is 9.84 Å². The average molecular weight is 197 g/mol. The normalized spacial score (nSPS) is 10.5. The van der Waals surface area contributed by atoms with Gasteiger partial charge in [0.15, 0.2) is 0 Å². The summed E-state index contributed by atoms with van der Waals surface area (Å²) in [5.41, 5.74) is -0.961. The Morgan fingerprint density at radius 3 is 2.77 bits per heavy atom. The highest BCUT2D eigenvalue weighted by Gasteiger charge is 2.06. The van der Waals surface area contributed by atoms with Gasteiger partial charge in [0.25, 0.3) is 5.19 Å². The summed E-state index contributed by atoms with van der Waals surface area (Å²) in [6, 6.07) is 0. The van der Waals surface area contributed by atoms with Gasteiger partial charge in [-0.25, -0.2) is 4.98 Å². The van der Waals surface area contributed by atoms with E-state index in [1.165, 1.54) is 11.3 Å². The van der Waals surface area contributed by atoms with E-state index in [0.717, 1.165) is 4.88 Å². The molecule has 0 saturated heterocycles. The summed E-state index contributed by atoms with van der Waals surface area (Å²) in [6.07, 6.45) is 1.63. The van der Waals surface area contributed by atoms with E-state index < -0.39 is 5.60 Å². The minimum absolute atomic E-state index is 0.583. The molecule has 0 aliphatic carbocycles. The molecule has 1 aromatic heterocycles. The molecule has 0 spiro atoms. The summed E-state index contributed by atoms with van der Waals surface area (Å²) in [4.78, 5) is 4.74. The standard InChI is InChI=1S/C9H11NO2S/c1-9(2,11)5-4-7-6-10-8(12-3)13-7/h6,11H,1-3H3. The molecule has 1 heterocycles. The molecule has 0 bridgehead atoms. The van der Waals surface area contributed by atoms with Gasteiger partial charge in [0.05, 0.1) is 13.3 Å². The molecular weight excluding hydrogens is 186 g/mol. The Labute approximate surface area is 81.4 Å². The molecule has 0 aliphatic rings. The highest BCUT2D eigenvalue weighted by atomic mass is 32.1. The van der Waals surface area contributed by atoms with Crippen molar-refractivity contribution in [3.63, 3.8) is 0 Å². The quantitative estimate of drug-likeness (QED) is 0.689. The lowest BCUT2D eigenvalue weighted by Crippen LogP contribution is -2.14. The van der Waals surface area contributed by atoms with E-state index in [4.69, 9.17) is 4.74 Å². The molecule has 0 fully saturated rings. The molecule has 0 aromatic carbocycles. The van der Waals surface area contributed by atoms with Gasteiger partial charge in [-0.3, -0.25) is 0 Å². The molecule has 0 saturated carbocycles. The van der Waals surface area contributed by atoms with Crippen LogP contribution in [0, 0.1) is 11.8 Å². The first-order chi connectivity index (χ1) is 6.01. The lowest BCUT2D eigenvalue weighted by Gasteiger charge is -2.05. The molecule has 0 aliphatic heterocycles. The highest BCUT2D eigenvalue weighted by molar-refractivity contribution is 7.13. The van der Waals surface area contributed by atoms with Gasteiger partial charge in [-0.2, -0.15) is 0 Å². The predicted octanol–water partition coefficient (Wildman–Crippen LogP) is 1.27. The van der Waals surface area contributed by atoms with E-state index in [1.807, 2.05) is 0 Å². The Kier molecular flexibility index (Phi) is 2.91. The van der Waals surface area contributed by atoms with Gasteiger partial charge in [0.2, 0.25) is 0 Å². The maximum Gasteiger partial charge on any atom is 0.274 e. The largest absolute Gasteiger partial charge is 0.473 e. The third kappa shape index (κ3) is 3.45. The molecule has 0 unspecified atom stereocenters. The first kappa shape index (κ1) is 10.0. The molecule has 0 atom stereocenters. The molecule has 70 valence electrons. The van der Waals surface area contributed by atoms with Gasteiger partial charge >= 0.3 is 0 Å². The van der Waals surface area contributed by atoms with Gasteiger partial charge in [-0.15, -0.1) is 0 Å². The first-order valence-corrected chi connectivity index (χ1v) is 4.58. The van der Waals surface area contributed by atoms with Crippen molar-refractivity contribution in [2.75, 3.05) is 7.11 Å². The van der Waals surface area contributed by atoms with Crippen molar-refractivity contribution in [1.82, 2.24) is 4.98 Å². The number of thiazole rings is 1. The molecule has 4 heteroatoms. The fraction of sp³-hybridized carbons (Fsp3) is 0.444. The minimum Gasteiger partial charge on any atom is -0.473 e. The van der Waals surface area contributed by atoms with Crippen molar-refractivity contribution in [2.24, 2.45) is 0 Å². The van der Waals surface area contributed by atoms with E-state index in [9.17, 15) is 5.11 Å². The smallest absolute Gasteiger partial charge is 0.274 e. The van der Waals surface area contributed by atoms with Crippen molar-refractivity contribution >= 4 is 11.3 Å². The van der Waals surface area contributed by atoms with Crippen LogP contribution in [0.25, 0.3) is 0 Å². The summed E-state index contributed by atoms with van der Waals surface area (Å²) in [6.45, 7) is 3.27. The van der Waals surface area contributed by atoms with Gasteiger partial charge < -0.3 is 9.84 Å². The number of ether oxygens (including phenoxy) is 1. The molecule has 0 amide bonds. The summed E-state index contributed by atoms with van der Waals surface area (Å²) < 4.78 is 4.90. The molecule has 1 N–H and O–H groups in total. The van der Waals surface area contributed by atoms with E-state index in [2.05, 4.69) is 16.8 Å². The Balaban J connectivity index is 2.78. The van der Waals surface area contributed by atoms with Gasteiger partial charge in [0.1, 0.15) is 10.5 Å². The number of aliphatic hydroxyl groups is 1. The zero-order chi connectivity index (χ0) is 9.90. The molecule has 0 radical (unpaired) electrons. The number of methoxy groups -OCH3 is 1. The molecular formula is C9H11NO2S. The number of hydrogen-bond acceptors (Lipinski definition) is 4. The first-order valence-electron chi connectivity index (χ1n) is 3.76. The second-order valence-corrected chi connectivity index (χ2v) is 4.00. The summed E-state index contributed by atoms with van der Waals surface area (Å²) in [5, 5.41) is 9.91. The van der Waals surface area contributed by atoms with Crippen LogP contribution < -0.4 is 4.74 Å². The van der Waals surface area contributed by atoms with Gasteiger partial charge in [0, 0.05) is 0 Å². The van der Waals surface area contributed by atoms with Crippen molar-refractivity contribution in [3.05, 3.63) is 11.1 Å². The molecule has 1 rings (SSSR count). The van der Waals surface area contributed by atoms with Crippen molar-refractivity contribution in [2.45, 2.75) is 19.4 Å². The number of aromatic nitrogens is 1. The topological polar surface area (TPSA) is 42.4 Å². The van der Waals surface area contributed by atoms with Crippen molar-refractivity contribution in [1.29, 1.82) is 0 Å². The van der Waals surface area contributed by atoms with Crippen LogP contribution in [0.1, 0.15) is 18.7 Å². The number of hydrogen-bond donors (Lipinski definition) is 1. The van der Waals surface area contributed by atoms with Gasteiger partial charge in [-0.1, -0.05) is 23.2 Å². The summed E-state index contributed by atoms with van der Waals surface area (Å²) in [5.74, 6) is 5.51. The summed E-state index contributed by atoms with van der Waals surface area (Å²) >= 11 is 1.36. The maximum atomic E-state index is 9.32. The Bertz CT molecular complexity index is 340. The molecule has 13 heavy (non-hydrogen) atoms. The summed E-state index contributed by atoms with van der Waals surface area (Å²) in [7, 11) is 1.56. The molecule has 1 aromatic rings. The average Bonchev–Trinajstić information content (AvgIpc) is 2.47. The fourth-order valence-corrected chi connectivity index (χ4v) is 1.21. The van der Waals surface area contributed by atoms with Crippen LogP contribution in [-0.4, -0.2) is 22.8 Å². The highest BCUT2D eigenvalue weighted by Crippen LogP contribution is 2.18. The van der Waals surface area contributed by atoms with Crippen LogP contribution >= 0.6 is 11.3 Å². The Hall–Kier alpha value is -1.05.